The van der Waals surface area contributed by atoms with E-state index >= 15 is 0 Å². The minimum Gasteiger partial charge on any atom is -0.339 e. The SMILES string of the molecule is Cc1ccnc(C[C@H](C)N(C)C(=O)c2cc(-c3cncnc3)nc3c(C)cccc23)c1. The summed E-state index contributed by atoms with van der Waals surface area (Å²) < 4.78 is 0. The number of fused-ring (bicyclic) bond motifs is 1. The van der Waals surface area contributed by atoms with E-state index < -0.39 is 0 Å². The van der Waals surface area contributed by atoms with E-state index in [4.69, 9.17) is 4.98 Å². The van der Waals surface area contributed by atoms with Crippen LogP contribution in [0.5, 0.6) is 0 Å². The lowest BCUT2D eigenvalue weighted by Crippen LogP contribution is -2.36. The summed E-state index contributed by atoms with van der Waals surface area (Å²) in [5.41, 5.74) is 6.06. The van der Waals surface area contributed by atoms with Gasteiger partial charge in [-0.3, -0.25) is 9.78 Å². The number of pyridine rings is 2. The molecule has 3 aromatic heterocycles. The molecule has 1 aromatic carbocycles. The molecule has 0 fully saturated rings. The zero-order valence-corrected chi connectivity index (χ0v) is 18.2. The zero-order chi connectivity index (χ0) is 22.0. The van der Waals surface area contributed by atoms with Crippen molar-refractivity contribution in [2.45, 2.75) is 33.2 Å². The Morgan fingerprint density at radius 1 is 1.10 bits per heavy atom. The fourth-order valence-electron chi connectivity index (χ4n) is 3.69. The minimum atomic E-state index is -0.0451. The molecule has 1 atom stereocenters. The van der Waals surface area contributed by atoms with Gasteiger partial charge in [0.2, 0.25) is 0 Å². The second-order valence-electron chi connectivity index (χ2n) is 7.95. The van der Waals surface area contributed by atoms with Crippen LogP contribution in [0.1, 0.15) is 34.1 Å². The van der Waals surface area contributed by atoms with E-state index in [1.807, 2.05) is 64.3 Å². The lowest BCUT2D eigenvalue weighted by Gasteiger charge is -2.26. The number of nitrogens with zero attached hydrogens (tertiary/aromatic N) is 5. The van der Waals surface area contributed by atoms with Crippen molar-refractivity contribution in [1.29, 1.82) is 0 Å². The summed E-state index contributed by atoms with van der Waals surface area (Å²) in [5, 5.41) is 0.846. The van der Waals surface area contributed by atoms with Gasteiger partial charge in [-0.15, -0.1) is 0 Å². The highest BCUT2D eigenvalue weighted by Gasteiger charge is 2.22. The van der Waals surface area contributed by atoms with Crippen molar-refractivity contribution in [3.8, 4) is 11.3 Å². The van der Waals surface area contributed by atoms with Crippen molar-refractivity contribution in [3.63, 3.8) is 0 Å². The van der Waals surface area contributed by atoms with E-state index in [1.54, 1.807) is 17.3 Å². The first-order valence-corrected chi connectivity index (χ1v) is 10.3. The number of aryl methyl sites for hydroxylation is 2. The first kappa shape index (κ1) is 20.6. The summed E-state index contributed by atoms with van der Waals surface area (Å²) in [7, 11) is 1.84. The van der Waals surface area contributed by atoms with E-state index in [9.17, 15) is 4.79 Å². The van der Waals surface area contributed by atoms with Crippen molar-refractivity contribution in [2.75, 3.05) is 7.05 Å². The van der Waals surface area contributed by atoms with Gasteiger partial charge in [-0.2, -0.15) is 0 Å². The third kappa shape index (κ3) is 4.28. The van der Waals surface area contributed by atoms with Crippen LogP contribution < -0.4 is 0 Å². The molecule has 0 N–H and O–H groups in total. The van der Waals surface area contributed by atoms with Crippen molar-refractivity contribution in [1.82, 2.24) is 24.8 Å². The molecule has 0 saturated carbocycles. The lowest BCUT2D eigenvalue weighted by atomic mass is 10.0. The van der Waals surface area contributed by atoms with Gasteiger partial charge in [-0.1, -0.05) is 18.2 Å². The fraction of sp³-hybridized carbons (Fsp3) is 0.240. The molecule has 0 aliphatic carbocycles. The molecule has 4 rings (SSSR count). The third-order valence-electron chi connectivity index (χ3n) is 5.59. The predicted octanol–water partition coefficient (Wildman–Crippen LogP) is 4.41. The van der Waals surface area contributed by atoms with Gasteiger partial charge >= 0.3 is 0 Å². The molecule has 0 unspecified atom stereocenters. The molecule has 0 aliphatic heterocycles. The topological polar surface area (TPSA) is 71.9 Å². The Morgan fingerprint density at radius 2 is 1.87 bits per heavy atom. The van der Waals surface area contributed by atoms with Crippen LogP contribution in [0, 0.1) is 13.8 Å². The maximum absolute atomic E-state index is 13.6. The predicted molar refractivity (Wildman–Crippen MR) is 122 cm³/mol. The van der Waals surface area contributed by atoms with E-state index in [0.717, 1.165) is 33.3 Å². The molecular weight excluding hydrogens is 386 g/mol. The average Bonchev–Trinajstić information content (AvgIpc) is 2.78. The summed E-state index contributed by atoms with van der Waals surface area (Å²) >= 11 is 0. The van der Waals surface area contributed by atoms with E-state index in [1.165, 1.54) is 6.33 Å². The Kier molecular flexibility index (Phi) is 5.71. The highest BCUT2D eigenvalue weighted by atomic mass is 16.2. The normalized spacial score (nSPS) is 12.0. The molecule has 1 amide bonds. The molecule has 4 aromatic rings. The van der Waals surface area contributed by atoms with Crippen LogP contribution in [-0.2, 0) is 6.42 Å². The number of benzene rings is 1. The largest absolute Gasteiger partial charge is 0.339 e. The Morgan fingerprint density at radius 3 is 2.61 bits per heavy atom. The molecule has 0 aliphatic rings. The Bertz CT molecular complexity index is 1240. The van der Waals surface area contributed by atoms with E-state index in [-0.39, 0.29) is 11.9 Å². The van der Waals surface area contributed by atoms with Crippen LogP contribution >= 0.6 is 0 Å². The molecule has 156 valence electrons. The van der Waals surface area contributed by atoms with Gasteiger partial charge in [0.15, 0.2) is 0 Å². The second-order valence-corrected chi connectivity index (χ2v) is 7.95. The standard InChI is InChI=1S/C25H25N5O/c1-16-8-9-28-20(10-16)11-18(3)30(4)25(31)22-12-23(19-13-26-15-27-14-19)29-24-17(2)6-5-7-21(22)24/h5-10,12-15,18H,11H2,1-4H3/t18-/m0/s1. The summed E-state index contributed by atoms with van der Waals surface area (Å²) in [6.45, 7) is 6.10. The number of amides is 1. The van der Waals surface area contributed by atoms with Crippen molar-refractivity contribution < 1.29 is 4.79 Å². The molecule has 3 heterocycles. The summed E-state index contributed by atoms with van der Waals surface area (Å²) in [5.74, 6) is -0.0451. The van der Waals surface area contributed by atoms with Crippen molar-refractivity contribution in [2.24, 2.45) is 0 Å². The molecule has 0 radical (unpaired) electrons. The molecule has 0 saturated heterocycles. The maximum atomic E-state index is 13.6. The van der Waals surface area contributed by atoms with Gasteiger partial charge in [0, 0.05) is 54.7 Å². The highest BCUT2D eigenvalue weighted by Crippen LogP contribution is 2.27. The van der Waals surface area contributed by atoms with Gasteiger partial charge < -0.3 is 4.90 Å². The Labute approximate surface area is 182 Å². The summed E-state index contributed by atoms with van der Waals surface area (Å²) in [4.78, 5) is 32.8. The van der Waals surface area contributed by atoms with Crippen LogP contribution in [0.25, 0.3) is 22.2 Å². The van der Waals surface area contributed by atoms with Crippen LogP contribution in [0.2, 0.25) is 0 Å². The quantitative estimate of drug-likeness (QED) is 0.486. The number of para-hydroxylation sites is 1. The number of likely N-dealkylation sites (N-methyl/N-ethyl adjacent to an activating group) is 1. The second kappa shape index (κ2) is 8.60. The van der Waals surface area contributed by atoms with Crippen molar-refractivity contribution >= 4 is 16.8 Å². The number of hydrogen-bond acceptors (Lipinski definition) is 5. The van der Waals surface area contributed by atoms with E-state index in [2.05, 4.69) is 21.0 Å². The summed E-state index contributed by atoms with van der Waals surface area (Å²) in [6.07, 6.45) is 7.40. The maximum Gasteiger partial charge on any atom is 0.254 e. The van der Waals surface area contributed by atoms with Gasteiger partial charge in [0.05, 0.1) is 16.8 Å². The first-order chi connectivity index (χ1) is 14.9. The molecule has 0 bridgehead atoms. The molecular formula is C25H25N5O. The first-order valence-electron chi connectivity index (χ1n) is 10.3. The van der Waals surface area contributed by atoms with Crippen LogP contribution in [0.4, 0.5) is 0 Å². The van der Waals surface area contributed by atoms with Gasteiger partial charge in [0.1, 0.15) is 6.33 Å². The average molecular weight is 412 g/mol. The van der Waals surface area contributed by atoms with Crippen LogP contribution in [-0.4, -0.2) is 43.8 Å². The van der Waals surface area contributed by atoms with E-state index in [0.29, 0.717) is 17.7 Å². The van der Waals surface area contributed by atoms with Crippen LogP contribution in [0.15, 0.2) is 61.3 Å². The van der Waals surface area contributed by atoms with Crippen LogP contribution in [0.3, 0.4) is 0 Å². The molecule has 0 spiro atoms. The smallest absolute Gasteiger partial charge is 0.254 e. The fourth-order valence-corrected chi connectivity index (χ4v) is 3.69. The van der Waals surface area contributed by atoms with Gasteiger partial charge in [-0.05, 0) is 50.1 Å². The number of rotatable bonds is 5. The molecule has 6 nitrogen and oxygen atoms in total. The monoisotopic (exact) mass is 411 g/mol. The number of aromatic nitrogens is 4. The number of carbonyl (C=O) groups excluding carboxylic acids is 1. The lowest BCUT2D eigenvalue weighted by molar-refractivity contribution is 0.0745. The number of hydrogen-bond donors (Lipinski definition) is 0. The molecule has 31 heavy (non-hydrogen) atoms. The Balaban J connectivity index is 1.73. The molecule has 6 heteroatoms. The van der Waals surface area contributed by atoms with Gasteiger partial charge in [0.25, 0.3) is 5.91 Å². The van der Waals surface area contributed by atoms with Crippen molar-refractivity contribution in [3.05, 3.63) is 83.7 Å². The van der Waals surface area contributed by atoms with Gasteiger partial charge in [-0.25, -0.2) is 15.0 Å². The minimum absolute atomic E-state index is 0.0154. The Hall–Kier alpha value is -3.67. The highest BCUT2D eigenvalue weighted by molar-refractivity contribution is 6.07. The third-order valence-corrected chi connectivity index (χ3v) is 5.59. The summed E-state index contributed by atoms with van der Waals surface area (Å²) in [6, 6.07) is 11.8. The zero-order valence-electron chi connectivity index (χ0n) is 18.2. The number of carbonyl (C=O) groups is 1.